The molecule has 0 radical (unpaired) electrons. The van der Waals surface area contributed by atoms with Gasteiger partial charge >= 0.3 is 0 Å². The molecule has 3 aliphatic rings. The molecule has 1 amide bonds. The summed E-state index contributed by atoms with van der Waals surface area (Å²) < 4.78 is 0. The summed E-state index contributed by atoms with van der Waals surface area (Å²) in [7, 11) is 0. The van der Waals surface area contributed by atoms with E-state index in [-0.39, 0.29) is 11.9 Å². The average molecular weight is 465 g/mol. The molecule has 8 heteroatoms. The number of rotatable bonds is 6. The fourth-order valence-electron chi connectivity index (χ4n) is 5.47. The van der Waals surface area contributed by atoms with Crippen LogP contribution in [0.2, 0.25) is 5.02 Å². The zero-order chi connectivity index (χ0) is 22.8. The lowest BCUT2D eigenvalue weighted by atomic mass is 9.82. The summed E-state index contributed by atoms with van der Waals surface area (Å²) in [6.07, 6.45) is 7.40. The van der Waals surface area contributed by atoms with Gasteiger partial charge in [0.15, 0.2) is 11.5 Å². The number of benzene rings is 1. The monoisotopic (exact) mass is 464 g/mol. The Labute approximate surface area is 199 Å². The van der Waals surface area contributed by atoms with Crippen molar-refractivity contribution in [3.63, 3.8) is 0 Å². The summed E-state index contributed by atoms with van der Waals surface area (Å²) in [5, 5.41) is 24.7. The molecule has 1 aromatic carbocycles. The molecule has 0 spiro atoms. The molecule has 2 N–H and O–H groups in total. The van der Waals surface area contributed by atoms with E-state index in [1.165, 1.54) is 5.56 Å². The molecule has 2 unspecified atom stereocenters. The highest BCUT2D eigenvalue weighted by molar-refractivity contribution is 6.31. The Bertz CT molecular complexity index is 1040. The Balaban J connectivity index is 1.07. The third-order valence-electron chi connectivity index (χ3n) is 7.41. The van der Waals surface area contributed by atoms with Crippen LogP contribution in [0.1, 0.15) is 60.1 Å². The molecule has 5 rings (SSSR count). The Morgan fingerprint density at radius 2 is 2.06 bits per heavy atom. The number of carbonyl (C=O) groups is 1. The molecule has 3 fully saturated rings. The van der Waals surface area contributed by atoms with Crippen molar-refractivity contribution in [2.24, 2.45) is 5.92 Å². The van der Waals surface area contributed by atoms with Gasteiger partial charge < -0.3 is 15.5 Å². The van der Waals surface area contributed by atoms with E-state index in [1.54, 1.807) is 12.1 Å². The van der Waals surface area contributed by atoms with Crippen LogP contribution < -0.4 is 15.5 Å². The number of carbonyl (C=O) groups excluding carboxylic acids is 1. The molecule has 2 saturated heterocycles. The maximum atomic E-state index is 12.7. The number of anilines is 1. The van der Waals surface area contributed by atoms with Gasteiger partial charge in [0, 0.05) is 31.2 Å². The summed E-state index contributed by atoms with van der Waals surface area (Å²) in [5.74, 6) is 1.39. The minimum atomic E-state index is -0.130. The number of nitriles is 1. The van der Waals surface area contributed by atoms with Gasteiger partial charge in [0.25, 0.3) is 5.91 Å². The van der Waals surface area contributed by atoms with Gasteiger partial charge in [-0.05, 0) is 80.7 Å². The molecular weight excluding hydrogens is 436 g/mol. The van der Waals surface area contributed by atoms with Crippen LogP contribution in [0.25, 0.3) is 0 Å². The highest BCUT2D eigenvalue weighted by Crippen LogP contribution is 2.30. The van der Waals surface area contributed by atoms with Crippen LogP contribution >= 0.6 is 11.6 Å². The van der Waals surface area contributed by atoms with E-state index in [4.69, 9.17) is 16.9 Å². The first-order valence-electron chi connectivity index (χ1n) is 11.9. The molecule has 2 aliphatic heterocycles. The first-order chi connectivity index (χ1) is 16.1. The summed E-state index contributed by atoms with van der Waals surface area (Å²) >= 11 is 6.15. The van der Waals surface area contributed by atoms with Crippen LogP contribution in [0.4, 0.5) is 5.82 Å². The van der Waals surface area contributed by atoms with Gasteiger partial charge in [-0.1, -0.05) is 17.7 Å². The van der Waals surface area contributed by atoms with Crippen LogP contribution in [0, 0.1) is 17.2 Å². The van der Waals surface area contributed by atoms with Gasteiger partial charge in [0.2, 0.25) is 0 Å². The topological polar surface area (TPSA) is 93.9 Å². The standard InChI is InChI=1S/C25H29ClN6O/c26-22-11-17(3-6-18(22)13-27)2-1-16-4-7-19(8-5-16)29-25(33)23-9-10-24(31-30-23)32-15-20-12-21(32)14-28-20/h3,6,9-11,16,19-21,28H,1-2,4-5,7-8,12,14-15H2,(H,29,33). The predicted octanol–water partition coefficient (Wildman–Crippen LogP) is 3.47. The van der Waals surface area contributed by atoms with Gasteiger partial charge in [0.1, 0.15) is 6.07 Å². The highest BCUT2D eigenvalue weighted by atomic mass is 35.5. The molecule has 1 aliphatic carbocycles. The molecule has 172 valence electrons. The molecule has 2 bridgehead atoms. The number of halogens is 1. The van der Waals surface area contributed by atoms with Gasteiger partial charge in [-0.15, -0.1) is 10.2 Å². The van der Waals surface area contributed by atoms with Gasteiger partial charge in [0.05, 0.1) is 10.6 Å². The fourth-order valence-corrected chi connectivity index (χ4v) is 5.72. The van der Waals surface area contributed by atoms with E-state index in [0.717, 1.165) is 63.9 Å². The van der Waals surface area contributed by atoms with Crippen LogP contribution in [0.3, 0.4) is 0 Å². The molecular formula is C25H29ClN6O. The first-order valence-corrected chi connectivity index (χ1v) is 12.3. The number of fused-ring (bicyclic) bond motifs is 2. The lowest BCUT2D eigenvalue weighted by molar-refractivity contribution is 0.0915. The fraction of sp³-hybridized carbons (Fsp3) is 0.520. The van der Waals surface area contributed by atoms with E-state index in [0.29, 0.717) is 34.3 Å². The summed E-state index contributed by atoms with van der Waals surface area (Å²) in [6, 6.07) is 12.8. The quantitative estimate of drug-likeness (QED) is 0.679. The van der Waals surface area contributed by atoms with Crippen LogP contribution in [0.5, 0.6) is 0 Å². The SMILES string of the molecule is N#Cc1ccc(CCC2CCC(NC(=O)c3ccc(N4CC5CC4CN5)nn3)CC2)cc1Cl. The summed E-state index contributed by atoms with van der Waals surface area (Å²) in [6.45, 7) is 1.96. The number of aryl methyl sites for hydroxylation is 1. The van der Waals surface area contributed by atoms with Gasteiger partial charge in [-0.25, -0.2) is 0 Å². The zero-order valence-corrected chi connectivity index (χ0v) is 19.4. The number of piperazine rings is 1. The van der Waals surface area contributed by atoms with Crippen molar-refractivity contribution in [2.45, 2.75) is 63.1 Å². The van der Waals surface area contributed by atoms with Crippen molar-refractivity contribution < 1.29 is 4.79 Å². The largest absolute Gasteiger partial charge is 0.349 e. The van der Waals surface area contributed by atoms with Crippen molar-refractivity contribution in [2.75, 3.05) is 18.0 Å². The van der Waals surface area contributed by atoms with Crippen LogP contribution in [-0.2, 0) is 6.42 Å². The van der Waals surface area contributed by atoms with E-state index >= 15 is 0 Å². The summed E-state index contributed by atoms with van der Waals surface area (Å²) in [5.41, 5.74) is 2.09. The Morgan fingerprint density at radius 3 is 2.70 bits per heavy atom. The maximum Gasteiger partial charge on any atom is 0.272 e. The molecule has 3 heterocycles. The second kappa shape index (κ2) is 9.66. The Kier molecular flexibility index (Phi) is 6.48. The molecule has 2 atom stereocenters. The van der Waals surface area contributed by atoms with E-state index in [9.17, 15) is 4.79 Å². The van der Waals surface area contributed by atoms with Crippen molar-refractivity contribution in [1.29, 1.82) is 5.26 Å². The highest BCUT2D eigenvalue weighted by Gasteiger charge is 2.38. The third kappa shape index (κ3) is 4.97. The molecule has 1 aromatic heterocycles. The number of aromatic nitrogens is 2. The second-order valence-electron chi connectivity index (χ2n) is 9.58. The summed E-state index contributed by atoms with van der Waals surface area (Å²) in [4.78, 5) is 15.0. The lowest BCUT2D eigenvalue weighted by Gasteiger charge is -2.29. The maximum absolute atomic E-state index is 12.7. The predicted molar refractivity (Wildman–Crippen MR) is 127 cm³/mol. The van der Waals surface area contributed by atoms with Crippen molar-refractivity contribution >= 4 is 23.3 Å². The van der Waals surface area contributed by atoms with Gasteiger partial charge in [-0.3, -0.25) is 4.79 Å². The average Bonchev–Trinajstić information content (AvgIpc) is 3.48. The zero-order valence-electron chi connectivity index (χ0n) is 18.6. The number of nitrogens with zero attached hydrogens (tertiary/aromatic N) is 4. The Hall–Kier alpha value is -2.69. The number of hydrogen-bond acceptors (Lipinski definition) is 6. The first kappa shape index (κ1) is 22.1. The smallest absolute Gasteiger partial charge is 0.272 e. The Morgan fingerprint density at radius 1 is 1.21 bits per heavy atom. The minimum absolute atomic E-state index is 0.130. The van der Waals surface area contributed by atoms with E-state index in [1.807, 2.05) is 18.2 Å². The van der Waals surface area contributed by atoms with Gasteiger partial charge in [-0.2, -0.15) is 5.26 Å². The van der Waals surface area contributed by atoms with Crippen molar-refractivity contribution in [3.05, 3.63) is 52.2 Å². The van der Waals surface area contributed by atoms with E-state index in [2.05, 4.69) is 31.8 Å². The minimum Gasteiger partial charge on any atom is -0.349 e. The third-order valence-corrected chi connectivity index (χ3v) is 7.72. The molecule has 2 aromatic rings. The van der Waals surface area contributed by atoms with Crippen LogP contribution in [-0.4, -0.2) is 47.3 Å². The molecule has 1 saturated carbocycles. The number of hydrogen-bond donors (Lipinski definition) is 2. The number of nitrogens with one attached hydrogen (secondary N) is 2. The normalized spacial score (nSPS) is 26.2. The van der Waals surface area contributed by atoms with E-state index < -0.39 is 0 Å². The van der Waals surface area contributed by atoms with Crippen LogP contribution in [0.15, 0.2) is 30.3 Å². The molecule has 7 nitrogen and oxygen atoms in total. The van der Waals surface area contributed by atoms with Crippen molar-refractivity contribution in [3.8, 4) is 6.07 Å². The molecule has 33 heavy (non-hydrogen) atoms. The van der Waals surface area contributed by atoms with Crippen molar-refractivity contribution in [1.82, 2.24) is 20.8 Å². The second-order valence-corrected chi connectivity index (χ2v) is 9.99. The number of amides is 1. The lowest BCUT2D eigenvalue weighted by Crippen LogP contribution is -2.44.